The third kappa shape index (κ3) is 4.19. The van der Waals surface area contributed by atoms with E-state index in [0.29, 0.717) is 0 Å². The lowest BCUT2D eigenvalue weighted by molar-refractivity contribution is 0.309. The zero-order valence-corrected chi connectivity index (χ0v) is 12.8. The molecular weight excluding hydrogens is 236 g/mol. The largest absolute Gasteiger partial charge is 0.490 e. The van der Waals surface area contributed by atoms with Crippen molar-refractivity contribution >= 4 is 5.69 Å². The minimum absolute atomic E-state index is 0.767. The molecule has 106 valence electrons. The zero-order chi connectivity index (χ0) is 14.3. The molecule has 3 heteroatoms. The fourth-order valence-corrected chi connectivity index (χ4v) is 2.14. The summed E-state index contributed by atoms with van der Waals surface area (Å²) in [5.41, 5.74) is 3.80. The Kier molecular flexibility index (Phi) is 6.26. The highest BCUT2D eigenvalue weighted by molar-refractivity contribution is 5.61. The van der Waals surface area contributed by atoms with Crippen LogP contribution >= 0.6 is 0 Å². The third-order valence-corrected chi connectivity index (χ3v) is 2.90. The molecule has 0 radical (unpaired) electrons. The number of nitrogens with zero attached hydrogens (tertiary/aromatic N) is 1. The minimum Gasteiger partial charge on any atom is -0.490 e. The number of aryl methyl sites for hydroxylation is 1. The first-order valence-electron chi connectivity index (χ1n) is 7.02. The SMILES string of the molecule is CC.CN/C=C(\C)CN1CCOc2ccc(C)cc21. The van der Waals surface area contributed by atoms with Crippen LogP contribution in [0.25, 0.3) is 0 Å². The summed E-state index contributed by atoms with van der Waals surface area (Å²) >= 11 is 0. The van der Waals surface area contributed by atoms with E-state index < -0.39 is 0 Å². The molecule has 0 unspecified atom stereocenters. The van der Waals surface area contributed by atoms with E-state index in [4.69, 9.17) is 4.74 Å². The molecule has 0 aromatic heterocycles. The van der Waals surface area contributed by atoms with Gasteiger partial charge < -0.3 is 15.0 Å². The van der Waals surface area contributed by atoms with Gasteiger partial charge in [-0.2, -0.15) is 0 Å². The van der Waals surface area contributed by atoms with Gasteiger partial charge in [0.25, 0.3) is 0 Å². The van der Waals surface area contributed by atoms with Gasteiger partial charge in [-0.15, -0.1) is 0 Å². The van der Waals surface area contributed by atoms with Crippen molar-refractivity contribution in [2.45, 2.75) is 27.7 Å². The molecule has 3 nitrogen and oxygen atoms in total. The lowest BCUT2D eigenvalue weighted by Crippen LogP contribution is -2.34. The van der Waals surface area contributed by atoms with Crippen LogP contribution in [-0.4, -0.2) is 26.7 Å². The van der Waals surface area contributed by atoms with Crippen molar-refractivity contribution < 1.29 is 4.74 Å². The Morgan fingerprint density at radius 3 is 2.84 bits per heavy atom. The van der Waals surface area contributed by atoms with Crippen LogP contribution in [0, 0.1) is 6.92 Å². The molecule has 0 amide bonds. The summed E-state index contributed by atoms with van der Waals surface area (Å²) < 4.78 is 5.67. The van der Waals surface area contributed by atoms with Gasteiger partial charge in [0.15, 0.2) is 0 Å². The van der Waals surface area contributed by atoms with Crippen LogP contribution in [0.5, 0.6) is 5.75 Å². The molecule has 0 spiro atoms. The van der Waals surface area contributed by atoms with E-state index in [1.165, 1.54) is 16.8 Å². The van der Waals surface area contributed by atoms with Gasteiger partial charge in [0.1, 0.15) is 12.4 Å². The highest BCUT2D eigenvalue weighted by Crippen LogP contribution is 2.32. The maximum Gasteiger partial charge on any atom is 0.142 e. The van der Waals surface area contributed by atoms with Crippen LogP contribution < -0.4 is 15.0 Å². The molecule has 1 N–H and O–H groups in total. The Morgan fingerprint density at radius 2 is 2.16 bits per heavy atom. The maximum absolute atomic E-state index is 5.67. The van der Waals surface area contributed by atoms with Gasteiger partial charge in [0.2, 0.25) is 0 Å². The van der Waals surface area contributed by atoms with Gasteiger partial charge in [-0.05, 0) is 43.3 Å². The maximum atomic E-state index is 5.67. The normalized spacial score (nSPS) is 13.9. The van der Waals surface area contributed by atoms with Crippen LogP contribution in [-0.2, 0) is 0 Å². The van der Waals surface area contributed by atoms with Crippen molar-refractivity contribution in [3.63, 3.8) is 0 Å². The molecule has 0 saturated heterocycles. The van der Waals surface area contributed by atoms with Crippen LogP contribution in [0.2, 0.25) is 0 Å². The monoisotopic (exact) mass is 262 g/mol. The van der Waals surface area contributed by atoms with Crippen molar-refractivity contribution in [3.8, 4) is 5.75 Å². The van der Waals surface area contributed by atoms with Crippen molar-refractivity contribution in [1.82, 2.24) is 5.32 Å². The molecule has 1 aliphatic rings. The van der Waals surface area contributed by atoms with E-state index in [9.17, 15) is 0 Å². The van der Waals surface area contributed by atoms with Crippen LogP contribution in [0.1, 0.15) is 26.3 Å². The standard InChI is InChI=1S/C14H20N2O.C2H6/c1-11-4-5-14-13(8-11)16(6-7-17-14)10-12(2)9-15-3;1-2/h4-5,8-9,15H,6-7,10H2,1-3H3;1-2H3/b12-9+;. The van der Waals surface area contributed by atoms with Gasteiger partial charge in [-0.3, -0.25) is 0 Å². The average Bonchev–Trinajstić information content (AvgIpc) is 2.42. The predicted molar refractivity (Wildman–Crippen MR) is 83.1 cm³/mol. The van der Waals surface area contributed by atoms with Gasteiger partial charge in [-0.25, -0.2) is 0 Å². The second-order valence-electron chi connectivity index (χ2n) is 4.52. The quantitative estimate of drug-likeness (QED) is 0.904. The Morgan fingerprint density at radius 1 is 1.42 bits per heavy atom. The Balaban J connectivity index is 0.000000861. The smallest absolute Gasteiger partial charge is 0.142 e. The van der Waals surface area contributed by atoms with Crippen molar-refractivity contribution in [1.29, 1.82) is 0 Å². The second-order valence-corrected chi connectivity index (χ2v) is 4.52. The summed E-state index contributed by atoms with van der Waals surface area (Å²) in [6, 6.07) is 6.35. The zero-order valence-electron chi connectivity index (χ0n) is 12.8. The molecular formula is C16H26N2O. The summed E-state index contributed by atoms with van der Waals surface area (Å²) in [6.07, 6.45) is 2.05. The number of anilines is 1. The molecule has 19 heavy (non-hydrogen) atoms. The number of ether oxygens (including phenoxy) is 1. The molecule has 0 aliphatic carbocycles. The fourth-order valence-electron chi connectivity index (χ4n) is 2.14. The van der Waals surface area contributed by atoms with E-state index in [1.807, 2.05) is 27.1 Å². The van der Waals surface area contributed by atoms with E-state index in [-0.39, 0.29) is 0 Å². The number of benzene rings is 1. The van der Waals surface area contributed by atoms with Crippen LogP contribution in [0.4, 0.5) is 5.69 Å². The Bertz CT molecular complexity index is 427. The highest BCUT2D eigenvalue weighted by Gasteiger charge is 2.17. The fraction of sp³-hybridized carbons (Fsp3) is 0.500. The van der Waals surface area contributed by atoms with E-state index in [2.05, 4.69) is 42.3 Å². The number of fused-ring (bicyclic) bond motifs is 1. The lowest BCUT2D eigenvalue weighted by atomic mass is 10.1. The first kappa shape index (κ1) is 15.4. The van der Waals surface area contributed by atoms with Crippen molar-refractivity contribution in [3.05, 3.63) is 35.5 Å². The first-order valence-corrected chi connectivity index (χ1v) is 7.02. The minimum atomic E-state index is 0.767. The second kappa shape index (κ2) is 7.72. The molecule has 1 aromatic rings. The number of hydrogen-bond acceptors (Lipinski definition) is 3. The van der Waals surface area contributed by atoms with Crippen LogP contribution in [0.15, 0.2) is 30.0 Å². The number of rotatable bonds is 3. The van der Waals surface area contributed by atoms with Crippen molar-refractivity contribution in [2.75, 3.05) is 31.6 Å². The summed E-state index contributed by atoms with van der Waals surface area (Å²) in [5.74, 6) is 0.999. The van der Waals surface area contributed by atoms with Crippen LogP contribution in [0.3, 0.4) is 0 Å². The summed E-state index contributed by atoms with van der Waals surface area (Å²) in [5, 5.41) is 3.07. The summed E-state index contributed by atoms with van der Waals surface area (Å²) in [4.78, 5) is 2.37. The summed E-state index contributed by atoms with van der Waals surface area (Å²) in [7, 11) is 1.93. The van der Waals surface area contributed by atoms with E-state index in [0.717, 1.165) is 25.4 Å². The molecule has 0 saturated carbocycles. The van der Waals surface area contributed by atoms with E-state index in [1.54, 1.807) is 0 Å². The molecule has 1 aromatic carbocycles. The molecule has 0 bridgehead atoms. The third-order valence-electron chi connectivity index (χ3n) is 2.90. The molecule has 2 rings (SSSR count). The summed E-state index contributed by atoms with van der Waals surface area (Å²) in [6.45, 7) is 10.9. The Hall–Kier alpha value is -1.64. The van der Waals surface area contributed by atoms with Crippen molar-refractivity contribution in [2.24, 2.45) is 0 Å². The molecule has 0 atom stereocenters. The molecule has 1 heterocycles. The lowest BCUT2D eigenvalue weighted by Gasteiger charge is -2.31. The van der Waals surface area contributed by atoms with Gasteiger partial charge in [0.05, 0.1) is 12.2 Å². The van der Waals surface area contributed by atoms with Gasteiger partial charge in [-0.1, -0.05) is 19.9 Å². The Labute approximate surface area is 117 Å². The molecule has 0 fully saturated rings. The number of hydrogen-bond donors (Lipinski definition) is 1. The molecule has 1 aliphatic heterocycles. The van der Waals surface area contributed by atoms with E-state index >= 15 is 0 Å². The number of nitrogens with one attached hydrogen (secondary N) is 1. The predicted octanol–water partition coefficient (Wildman–Crippen LogP) is 3.34. The topological polar surface area (TPSA) is 24.5 Å². The van der Waals surface area contributed by atoms with Gasteiger partial charge in [0, 0.05) is 13.6 Å². The highest BCUT2D eigenvalue weighted by atomic mass is 16.5. The van der Waals surface area contributed by atoms with Gasteiger partial charge >= 0.3 is 0 Å². The average molecular weight is 262 g/mol. The first-order chi connectivity index (χ1) is 9.20.